The fourth-order valence-corrected chi connectivity index (χ4v) is 0.781. The zero-order valence-electron chi connectivity index (χ0n) is 4.87. The lowest BCUT2D eigenvalue weighted by Crippen LogP contribution is -2.35. The molecule has 0 unspecified atom stereocenters. The summed E-state index contributed by atoms with van der Waals surface area (Å²) in [6, 6.07) is 0. The van der Waals surface area contributed by atoms with Gasteiger partial charge in [0, 0.05) is 18.8 Å². The molecule has 50 valence electrons. The maximum Gasteiger partial charge on any atom is 0.143 e. The van der Waals surface area contributed by atoms with Crippen molar-refractivity contribution in [2.75, 3.05) is 0 Å². The highest BCUT2D eigenvalue weighted by Crippen LogP contribution is 2.22. The smallest absolute Gasteiger partial charge is 0.143 e. The number of hydrogen-bond acceptors (Lipinski definition) is 3. The van der Waals surface area contributed by atoms with Crippen LogP contribution in [0.5, 0.6) is 0 Å². The van der Waals surface area contributed by atoms with Gasteiger partial charge >= 0.3 is 0 Å². The molecule has 0 aromatic heterocycles. The van der Waals surface area contributed by atoms with Gasteiger partial charge in [0.1, 0.15) is 11.6 Å². The number of amidine groups is 1. The molecule has 0 spiro atoms. The molecule has 0 bridgehead atoms. The highest BCUT2D eigenvalue weighted by atomic mass is 16.4. The molecular formula is C5H8N2O2. The van der Waals surface area contributed by atoms with Crippen LogP contribution in [0.3, 0.4) is 0 Å². The topological polar surface area (TPSA) is 75.7 Å². The van der Waals surface area contributed by atoms with Gasteiger partial charge in [0.15, 0.2) is 0 Å². The third kappa shape index (κ3) is 1.01. The normalized spacial score (nSPS) is 21.8. The van der Waals surface area contributed by atoms with Crippen LogP contribution in [0.1, 0.15) is 12.8 Å². The highest BCUT2D eigenvalue weighted by molar-refractivity contribution is 5.97. The maximum absolute atomic E-state index is 10.3. The predicted octanol–water partition coefficient (Wildman–Crippen LogP) is -0.288. The molecule has 1 aliphatic rings. The van der Waals surface area contributed by atoms with E-state index in [2.05, 4.69) is 5.16 Å². The molecule has 0 aromatic rings. The lowest BCUT2D eigenvalue weighted by Gasteiger charge is -2.21. The first-order valence-corrected chi connectivity index (χ1v) is 2.73. The van der Waals surface area contributed by atoms with Gasteiger partial charge < -0.3 is 10.9 Å². The summed E-state index contributed by atoms with van der Waals surface area (Å²) in [4.78, 5) is 10.3. The summed E-state index contributed by atoms with van der Waals surface area (Å²) in [6.45, 7) is 0. The van der Waals surface area contributed by atoms with E-state index in [-0.39, 0.29) is 17.5 Å². The fourth-order valence-electron chi connectivity index (χ4n) is 0.781. The Bertz CT molecular complexity index is 156. The summed E-state index contributed by atoms with van der Waals surface area (Å²) in [7, 11) is 0. The van der Waals surface area contributed by atoms with E-state index in [4.69, 9.17) is 10.9 Å². The molecule has 1 saturated carbocycles. The largest absolute Gasteiger partial charge is 0.409 e. The van der Waals surface area contributed by atoms with Crippen LogP contribution in [0.2, 0.25) is 0 Å². The minimum absolute atomic E-state index is 0.00231. The van der Waals surface area contributed by atoms with Gasteiger partial charge in [-0.15, -0.1) is 0 Å². The van der Waals surface area contributed by atoms with E-state index in [1.165, 1.54) is 0 Å². The standard InChI is InChI=1S/C5H8N2O2/c6-5(7-9)3-1-4(8)2-3/h3,9H,1-2H2,(H2,6,7). The van der Waals surface area contributed by atoms with E-state index < -0.39 is 0 Å². The van der Waals surface area contributed by atoms with Gasteiger partial charge in [0.2, 0.25) is 0 Å². The van der Waals surface area contributed by atoms with E-state index in [0.717, 1.165) is 0 Å². The summed E-state index contributed by atoms with van der Waals surface area (Å²) >= 11 is 0. The molecule has 0 radical (unpaired) electrons. The predicted molar refractivity (Wildman–Crippen MR) is 31.1 cm³/mol. The minimum Gasteiger partial charge on any atom is -0.409 e. The third-order valence-electron chi connectivity index (χ3n) is 1.48. The van der Waals surface area contributed by atoms with Gasteiger partial charge in [0.25, 0.3) is 0 Å². The number of Topliss-reactive ketones (excluding diaryl/α,β-unsaturated/α-hetero) is 1. The lowest BCUT2D eigenvalue weighted by atomic mass is 9.83. The van der Waals surface area contributed by atoms with E-state index in [9.17, 15) is 4.79 Å². The van der Waals surface area contributed by atoms with Crippen molar-refractivity contribution in [2.24, 2.45) is 16.8 Å². The minimum atomic E-state index is 0.00231. The zero-order chi connectivity index (χ0) is 6.85. The maximum atomic E-state index is 10.3. The van der Waals surface area contributed by atoms with Crippen LogP contribution in [-0.2, 0) is 4.79 Å². The van der Waals surface area contributed by atoms with Gasteiger partial charge in [0.05, 0.1) is 0 Å². The monoisotopic (exact) mass is 128 g/mol. The molecule has 4 heteroatoms. The number of nitrogens with zero attached hydrogens (tertiary/aromatic N) is 1. The third-order valence-corrected chi connectivity index (χ3v) is 1.48. The SMILES string of the molecule is NC(=NO)C1CC(=O)C1. The van der Waals surface area contributed by atoms with Crippen LogP contribution in [0.25, 0.3) is 0 Å². The second-order valence-electron chi connectivity index (χ2n) is 2.17. The van der Waals surface area contributed by atoms with Crippen molar-refractivity contribution in [1.82, 2.24) is 0 Å². The van der Waals surface area contributed by atoms with Crippen molar-refractivity contribution in [3.63, 3.8) is 0 Å². The molecule has 0 saturated heterocycles. The van der Waals surface area contributed by atoms with Gasteiger partial charge in [-0.1, -0.05) is 5.16 Å². The second-order valence-corrected chi connectivity index (χ2v) is 2.17. The number of hydrogen-bond donors (Lipinski definition) is 2. The van der Waals surface area contributed by atoms with E-state index in [1.54, 1.807) is 0 Å². The van der Waals surface area contributed by atoms with E-state index in [0.29, 0.717) is 12.8 Å². The van der Waals surface area contributed by atoms with Gasteiger partial charge in [-0.05, 0) is 0 Å². The van der Waals surface area contributed by atoms with E-state index >= 15 is 0 Å². The Balaban J connectivity index is 2.40. The Kier molecular flexibility index (Phi) is 1.38. The molecule has 1 rings (SSSR count). The Labute approximate surface area is 52.3 Å². The average Bonchev–Trinajstić information content (AvgIpc) is 1.79. The summed E-state index contributed by atoms with van der Waals surface area (Å²) in [5, 5.41) is 10.9. The van der Waals surface area contributed by atoms with Crippen LogP contribution in [-0.4, -0.2) is 16.8 Å². The van der Waals surface area contributed by atoms with Crippen LogP contribution in [0, 0.1) is 5.92 Å². The second kappa shape index (κ2) is 2.05. The Morgan fingerprint density at radius 3 is 2.67 bits per heavy atom. The molecular weight excluding hydrogens is 120 g/mol. The molecule has 0 aromatic carbocycles. The van der Waals surface area contributed by atoms with Crippen molar-refractivity contribution >= 4 is 11.6 Å². The quantitative estimate of drug-likeness (QED) is 0.220. The number of carbonyl (C=O) groups is 1. The lowest BCUT2D eigenvalue weighted by molar-refractivity contribution is -0.125. The average molecular weight is 128 g/mol. The molecule has 0 atom stereocenters. The molecule has 0 amide bonds. The summed E-state index contributed by atoms with van der Waals surface area (Å²) in [5.41, 5.74) is 5.19. The number of carbonyl (C=O) groups excluding carboxylic acids is 1. The summed E-state index contributed by atoms with van der Waals surface area (Å²) < 4.78 is 0. The first kappa shape index (κ1) is 6.07. The van der Waals surface area contributed by atoms with Crippen molar-refractivity contribution in [3.05, 3.63) is 0 Å². The summed E-state index contributed by atoms with van der Waals surface area (Å²) in [5.74, 6) is 0.365. The molecule has 9 heavy (non-hydrogen) atoms. The molecule has 3 N–H and O–H groups in total. The van der Waals surface area contributed by atoms with Gasteiger partial charge in [-0.3, -0.25) is 4.79 Å². The molecule has 0 heterocycles. The van der Waals surface area contributed by atoms with Crippen molar-refractivity contribution in [1.29, 1.82) is 0 Å². The van der Waals surface area contributed by atoms with Gasteiger partial charge in [-0.2, -0.15) is 0 Å². The summed E-state index contributed by atoms with van der Waals surface area (Å²) in [6.07, 6.45) is 0.881. The highest BCUT2D eigenvalue weighted by Gasteiger charge is 2.29. The molecule has 0 aliphatic heterocycles. The Morgan fingerprint density at radius 2 is 2.33 bits per heavy atom. The van der Waals surface area contributed by atoms with Crippen LogP contribution < -0.4 is 5.73 Å². The number of ketones is 1. The Hall–Kier alpha value is -1.06. The van der Waals surface area contributed by atoms with Crippen LogP contribution in [0.15, 0.2) is 5.16 Å². The van der Waals surface area contributed by atoms with Gasteiger partial charge in [-0.25, -0.2) is 0 Å². The number of oxime groups is 1. The molecule has 4 nitrogen and oxygen atoms in total. The molecule has 1 aliphatic carbocycles. The first-order chi connectivity index (χ1) is 4.24. The van der Waals surface area contributed by atoms with Crippen LogP contribution in [0.4, 0.5) is 0 Å². The van der Waals surface area contributed by atoms with Crippen molar-refractivity contribution in [2.45, 2.75) is 12.8 Å². The molecule has 1 fully saturated rings. The number of nitrogens with two attached hydrogens (primary N) is 1. The zero-order valence-corrected chi connectivity index (χ0v) is 4.87. The fraction of sp³-hybridized carbons (Fsp3) is 0.600. The van der Waals surface area contributed by atoms with Crippen LogP contribution >= 0.6 is 0 Å². The van der Waals surface area contributed by atoms with Crippen molar-refractivity contribution < 1.29 is 10.0 Å². The first-order valence-electron chi connectivity index (χ1n) is 2.73. The number of rotatable bonds is 1. The Morgan fingerprint density at radius 1 is 1.78 bits per heavy atom. The van der Waals surface area contributed by atoms with E-state index in [1.807, 2.05) is 0 Å². The van der Waals surface area contributed by atoms with Crippen molar-refractivity contribution in [3.8, 4) is 0 Å².